The first-order valence-electron chi connectivity index (χ1n) is 7.90. The highest BCUT2D eigenvalue weighted by atomic mass is 16.5. The van der Waals surface area contributed by atoms with Gasteiger partial charge in [-0.2, -0.15) is 0 Å². The van der Waals surface area contributed by atoms with Crippen molar-refractivity contribution in [2.75, 3.05) is 20.8 Å². The fraction of sp³-hybridized carbons (Fsp3) is 0.444. The van der Waals surface area contributed by atoms with E-state index < -0.39 is 5.97 Å². The summed E-state index contributed by atoms with van der Waals surface area (Å²) in [6, 6.07) is 5.37. The van der Waals surface area contributed by atoms with Crippen LogP contribution in [0.4, 0.5) is 0 Å². The number of esters is 1. The summed E-state index contributed by atoms with van der Waals surface area (Å²) in [4.78, 5) is 23.3. The lowest BCUT2D eigenvalue weighted by Gasteiger charge is -2.14. The summed E-state index contributed by atoms with van der Waals surface area (Å²) in [6.07, 6.45) is 4.54. The molecule has 1 N–H and O–H groups in total. The molecule has 24 heavy (non-hydrogen) atoms. The fourth-order valence-corrected chi connectivity index (χ4v) is 2.07. The molecule has 0 aromatic heterocycles. The van der Waals surface area contributed by atoms with Gasteiger partial charge in [-0.15, -0.1) is 0 Å². The second kappa shape index (κ2) is 10.3. The molecule has 0 bridgehead atoms. The van der Waals surface area contributed by atoms with Crippen molar-refractivity contribution in [3.63, 3.8) is 0 Å². The second-order valence-corrected chi connectivity index (χ2v) is 5.14. The van der Waals surface area contributed by atoms with Crippen LogP contribution >= 0.6 is 0 Å². The van der Waals surface area contributed by atoms with Crippen molar-refractivity contribution in [3.8, 4) is 11.5 Å². The van der Waals surface area contributed by atoms with E-state index in [9.17, 15) is 9.59 Å². The van der Waals surface area contributed by atoms with Gasteiger partial charge < -0.3 is 19.5 Å². The lowest BCUT2D eigenvalue weighted by atomic mass is 10.2. The van der Waals surface area contributed by atoms with E-state index in [1.54, 1.807) is 31.4 Å². The number of benzene rings is 1. The zero-order valence-corrected chi connectivity index (χ0v) is 14.6. The van der Waals surface area contributed by atoms with Crippen LogP contribution < -0.4 is 14.8 Å². The molecule has 0 aliphatic carbocycles. The number of ether oxygens (including phenoxy) is 3. The number of amides is 1. The quantitative estimate of drug-likeness (QED) is 0.554. The molecule has 0 saturated heterocycles. The third kappa shape index (κ3) is 6.32. The predicted octanol–water partition coefficient (Wildman–Crippen LogP) is 2.57. The molecule has 1 rings (SSSR count). The standard InChI is InChI=1S/C18H25NO5/c1-5-14(6-2)19-17(20)12-24-18(21)10-8-13-7-9-15(22-3)16(11-13)23-4/h7-11,14H,5-6,12H2,1-4H3,(H,19,20)/b10-8+. The number of rotatable bonds is 9. The maximum Gasteiger partial charge on any atom is 0.331 e. The van der Waals surface area contributed by atoms with Gasteiger partial charge in [0.1, 0.15) is 0 Å². The summed E-state index contributed by atoms with van der Waals surface area (Å²) in [7, 11) is 3.09. The van der Waals surface area contributed by atoms with Crippen molar-refractivity contribution in [1.82, 2.24) is 5.32 Å². The predicted molar refractivity (Wildman–Crippen MR) is 92.1 cm³/mol. The van der Waals surface area contributed by atoms with Crippen molar-refractivity contribution >= 4 is 18.0 Å². The number of carbonyl (C=O) groups is 2. The first kappa shape index (κ1) is 19.5. The van der Waals surface area contributed by atoms with E-state index >= 15 is 0 Å². The molecule has 1 amide bonds. The molecule has 6 nitrogen and oxygen atoms in total. The number of hydrogen-bond acceptors (Lipinski definition) is 5. The highest BCUT2D eigenvalue weighted by Crippen LogP contribution is 2.27. The Kier molecular flexibility index (Phi) is 8.39. The first-order valence-corrected chi connectivity index (χ1v) is 7.90. The number of methoxy groups -OCH3 is 2. The Morgan fingerprint density at radius 1 is 1.12 bits per heavy atom. The molecule has 0 aliphatic heterocycles. The van der Waals surface area contributed by atoms with Crippen LogP contribution in [0.25, 0.3) is 6.08 Å². The molecule has 0 spiro atoms. The van der Waals surface area contributed by atoms with Gasteiger partial charge in [0, 0.05) is 12.1 Å². The maximum atomic E-state index is 11.7. The summed E-state index contributed by atoms with van der Waals surface area (Å²) < 4.78 is 15.3. The van der Waals surface area contributed by atoms with E-state index in [1.165, 1.54) is 13.2 Å². The van der Waals surface area contributed by atoms with E-state index in [0.717, 1.165) is 18.4 Å². The van der Waals surface area contributed by atoms with Crippen LogP contribution in [-0.4, -0.2) is 38.7 Å². The van der Waals surface area contributed by atoms with Crippen LogP contribution in [0.15, 0.2) is 24.3 Å². The van der Waals surface area contributed by atoms with Gasteiger partial charge in [0.05, 0.1) is 14.2 Å². The molecular weight excluding hydrogens is 310 g/mol. The van der Waals surface area contributed by atoms with E-state index in [4.69, 9.17) is 14.2 Å². The topological polar surface area (TPSA) is 73.9 Å². The summed E-state index contributed by atoms with van der Waals surface area (Å²) in [5.41, 5.74) is 0.756. The van der Waals surface area contributed by atoms with Crippen molar-refractivity contribution in [2.45, 2.75) is 32.7 Å². The molecule has 0 aliphatic rings. The zero-order chi connectivity index (χ0) is 17.9. The monoisotopic (exact) mass is 335 g/mol. The minimum absolute atomic E-state index is 0.110. The third-order valence-corrected chi connectivity index (χ3v) is 3.52. The highest BCUT2D eigenvalue weighted by Gasteiger charge is 2.10. The van der Waals surface area contributed by atoms with Gasteiger partial charge in [-0.25, -0.2) is 4.79 Å². The molecule has 0 heterocycles. The van der Waals surface area contributed by atoms with Gasteiger partial charge in [0.15, 0.2) is 18.1 Å². The number of carbonyl (C=O) groups excluding carboxylic acids is 2. The SMILES string of the molecule is CCC(CC)NC(=O)COC(=O)/C=C/c1ccc(OC)c(OC)c1. The van der Waals surface area contributed by atoms with Crippen molar-refractivity contribution < 1.29 is 23.8 Å². The van der Waals surface area contributed by atoms with Crippen molar-refractivity contribution in [3.05, 3.63) is 29.8 Å². The molecule has 1 aromatic carbocycles. The van der Waals surface area contributed by atoms with E-state index in [2.05, 4.69) is 5.32 Å². The molecule has 6 heteroatoms. The van der Waals surface area contributed by atoms with Gasteiger partial charge in [-0.05, 0) is 36.6 Å². The average Bonchev–Trinajstić information content (AvgIpc) is 2.62. The Morgan fingerprint density at radius 3 is 2.38 bits per heavy atom. The Hall–Kier alpha value is -2.50. The fourth-order valence-electron chi connectivity index (χ4n) is 2.07. The Morgan fingerprint density at radius 2 is 1.79 bits per heavy atom. The molecular formula is C18H25NO5. The van der Waals surface area contributed by atoms with Crippen LogP contribution in [0.1, 0.15) is 32.3 Å². The van der Waals surface area contributed by atoms with Gasteiger partial charge in [0.25, 0.3) is 5.91 Å². The van der Waals surface area contributed by atoms with Crippen LogP contribution in [-0.2, 0) is 14.3 Å². The van der Waals surface area contributed by atoms with Crippen LogP contribution in [0, 0.1) is 0 Å². The van der Waals surface area contributed by atoms with E-state index in [0.29, 0.717) is 11.5 Å². The molecule has 0 atom stereocenters. The smallest absolute Gasteiger partial charge is 0.331 e. The van der Waals surface area contributed by atoms with Crippen LogP contribution in [0.5, 0.6) is 11.5 Å². The zero-order valence-electron chi connectivity index (χ0n) is 14.6. The summed E-state index contributed by atoms with van der Waals surface area (Å²) in [5, 5.41) is 2.80. The second-order valence-electron chi connectivity index (χ2n) is 5.14. The Balaban J connectivity index is 2.53. The molecule has 0 radical (unpaired) electrons. The lowest BCUT2D eigenvalue weighted by molar-refractivity contribution is -0.144. The Labute approximate surface area is 142 Å². The lowest BCUT2D eigenvalue weighted by Crippen LogP contribution is -2.36. The largest absolute Gasteiger partial charge is 0.493 e. The summed E-state index contributed by atoms with van der Waals surface area (Å²) in [6.45, 7) is 3.70. The minimum Gasteiger partial charge on any atom is -0.493 e. The van der Waals surface area contributed by atoms with Crippen LogP contribution in [0.3, 0.4) is 0 Å². The summed E-state index contributed by atoms with van der Waals surface area (Å²) >= 11 is 0. The highest BCUT2D eigenvalue weighted by molar-refractivity contribution is 5.89. The normalized spacial score (nSPS) is 10.7. The van der Waals surface area contributed by atoms with Gasteiger partial charge >= 0.3 is 5.97 Å². The van der Waals surface area contributed by atoms with E-state index in [-0.39, 0.29) is 18.6 Å². The molecule has 0 fully saturated rings. The van der Waals surface area contributed by atoms with Crippen molar-refractivity contribution in [2.24, 2.45) is 0 Å². The first-order chi connectivity index (χ1) is 11.5. The van der Waals surface area contributed by atoms with Gasteiger partial charge in [-0.3, -0.25) is 4.79 Å². The third-order valence-electron chi connectivity index (χ3n) is 3.52. The summed E-state index contributed by atoms with van der Waals surface area (Å²) in [5.74, 6) is 0.300. The van der Waals surface area contributed by atoms with Crippen molar-refractivity contribution in [1.29, 1.82) is 0 Å². The Bertz CT molecular complexity index is 579. The number of nitrogens with one attached hydrogen (secondary N) is 1. The average molecular weight is 335 g/mol. The molecule has 1 aromatic rings. The molecule has 132 valence electrons. The molecule has 0 saturated carbocycles. The van der Waals surface area contributed by atoms with Crippen LogP contribution in [0.2, 0.25) is 0 Å². The van der Waals surface area contributed by atoms with E-state index in [1.807, 2.05) is 13.8 Å². The van der Waals surface area contributed by atoms with Gasteiger partial charge in [0.2, 0.25) is 0 Å². The maximum absolute atomic E-state index is 11.7. The number of hydrogen-bond donors (Lipinski definition) is 1. The minimum atomic E-state index is -0.579. The molecule has 0 unspecified atom stereocenters. The van der Waals surface area contributed by atoms with Gasteiger partial charge in [-0.1, -0.05) is 19.9 Å².